The van der Waals surface area contributed by atoms with Gasteiger partial charge in [-0.1, -0.05) is 25.1 Å². The van der Waals surface area contributed by atoms with Gasteiger partial charge < -0.3 is 9.84 Å². The second-order valence-corrected chi connectivity index (χ2v) is 5.74. The van der Waals surface area contributed by atoms with Gasteiger partial charge in [-0.05, 0) is 18.9 Å². The van der Waals surface area contributed by atoms with E-state index in [1.165, 1.54) is 11.8 Å². The minimum atomic E-state index is -0.463. The van der Waals surface area contributed by atoms with Crippen LogP contribution in [-0.2, 0) is 4.74 Å². The highest BCUT2D eigenvalue weighted by Crippen LogP contribution is 2.30. The summed E-state index contributed by atoms with van der Waals surface area (Å²) < 4.78 is 5.05. The zero-order chi connectivity index (χ0) is 15.2. The van der Waals surface area contributed by atoms with E-state index in [2.05, 4.69) is 10.2 Å². The molecule has 0 spiro atoms. The van der Waals surface area contributed by atoms with E-state index in [9.17, 15) is 4.79 Å². The van der Waals surface area contributed by atoms with Gasteiger partial charge in [0.05, 0.1) is 17.0 Å². The average Bonchev–Trinajstić information content (AvgIpc) is 2.52. The van der Waals surface area contributed by atoms with Crippen LogP contribution >= 0.6 is 11.8 Å². The lowest BCUT2D eigenvalue weighted by molar-refractivity contribution is 0.0514. The van der Waals surface area contributed by atoms with Gasteiger partial charge in [0.15, 0.2) is 5.69 Å². The molecule has 2 aromatic rings. The van der Waals surface area contributed by atoms with Gasteiger partial charge in [0.2, 0.25) is 0 Å². The molecule has 1 heterocycles. The number of carbonyl (C=O) groups excluding carboxylic acids is 1. The molecule has 0 saturated heterocycles. The van der Waals surface area contributed by atoms with Crippen LogP contribution in [0.5, 0.6) is 0 Å². The number of carbonyl (C=O) groups is 1. The fourth-order valence-electron chi connectivity index (χ4n) is 1.79. The molecule has 5 nitrogen and oxygen atoms in total. The van der Waals surface area contributed by atoms with Crippen LogP contribution < -0.4 is 0 Å². The second kappa shape index (κ2) is 7.38. The molecule has 21 heavy (non-hydrogen) atoms. The second-order valence-electron chi connectivity index (χ2n) is 4.71. The molecule has 1 unspecified atom stereocenters. The first kappa shape index (κ1) is 15.7. The summed E-state index contributed by atoms with van der Waals surface area (Å²) in [4.78, 5) is 12.8. The smallest absolute Gasteiger partial charge is 0.360 e. The van der Waals surface area contributed by atoms with E-state index in [1.54, 1.807) is 6.92 Å². The molecule has 1 N–H and O–H groups in total. The SMILES string of the molecule is CCOC(=O)c1nnc2ccccc2c1SCC(C)CO. The first-order valence-electron chi connectivity index (χ1n) is 6.83. The van der Waals surface area contributed by atoms with Crippen LogP contribution in [0.2, 0.25) is 0 Å². The molecule has 0 saturated carbocycles. The summed E-state index contributed by atoms with van der Waals surface area (Å²) in [5.41, 5.74) is 0.982. The minimum absolute atomic E-state index is 0.109. The normalized spacial score (nSPS) is 12.3. The summed E-state index contributed by atoms with van der Waals surface area (Å²) in [7, 11) is 0. The monoisotopic (exact) mass is 306 g/mol. The van der Waals surface area contributed by atoms with Gasteiger partial charge in [-0.3, -0.25) is 0 Å². The van der Waals surface area contributed by atoms with Gasteiger partial charge in [0, 0.05) is 17.7 Å². The van der Waals surface area contributed by atoms with Crippen LogP contribution in [-0.4, -0.2) is 40.2 Å². The largest absolute Gasteiger partial charge is 0.461 e. The van der Waals surface area contributed by atoms with E-state index in [0.29, 0.717) is 12.4 Å². The quantitative estimate of drug-likeness (QED) is 0.653. The Morgan fingerprint density at radius 2 is 2.14 bits per heavy atom. The maximum atomic E-state index is 12.0. The topological polar surface area (TPSA) is 72.3 Å². The van der Waals surface area contributed by atoms with E-state index in [-0.39, 0.29) is 18.2 Å². The zero-order valence-electron chi connectivity index (χ0n) is 12.1. The molecule has 0 aliphatic rings. The van der Waals surface area contributed by atoms with E-state index in [1.807, 2.05) is 31.2 Å². The summed E-state index contributed by atoms with van der Waals surface area (Å²) in [6.07, 6.45) is 0. The van der Waals surface area contributed by atoms with Gasteiger partial charge in [0.1, 0.15) is 0 Å². The van der Waals surface area contributed by atoms with Crippen LogP contribution in [0, 0.1) is 5.92 Å². The van der Waals surface area contributed by atoms with E-state index < -0.39 is 5.97 Å². The number of aliphatic hydroxyl groups is 1. The lowest BCUT2D eigenvalue weighted by atomic mass is 10.2. The minimum Gasteiger partial charge on any atom is -0.461 e. The number of hydrogen-bond acceptors (Lipinski definition) is 6. The van der Waals surface area contributed by atoms with Crippen molar-refractivity contribution in [3.8, 4) is 0 Å². The van der Waals surface area contributed by atoms with Crippen molar-refractivity contribution in [1.29, 1.82) is 0 Å². The van der Waals surface area contributed by atoms with Crippen LogP contribution in [0.3, 0.4) is 0 Å². The first-order valence-corrected chi connectivity index (χ1v) is 7.82. The molecule has 0 bridgehead atoms. The molecular weight excluding hydrogens is 288 g/mol. The molecule has 0 fully saturated rings. The number of fused-ring (bicyclic) bond motifs is 1. The number of ether oxygens (including phenoxy) is 1. The van der Waals surface area contributed by atoms with Gasteiger partial charge in [0.25, 0.3) is 0 Å². The summed E-state index contributed by atoms with van der Waals surface area (Å²) in [6.45, 7) is 4.11. The first-order chi connectivity index (χ1) is 10.2. The van der Waals surface area contributed by atoms with Crippen molar-refractivity contribution in [2.45, 2.75) is 18.7 Å². The summed E-state index contributed by atoms with van der Waals surface area (Å²) in [5, 5.41) is 18.1. The Morgan fingerprint density at radius 3 is 2.86 bits per heavy atom. The van der Waals surface area contributed by atoms with Crippen molar-refractivity contribution >= 4 is 28.6 Å². The van der Waals surface area contributed by atoms with Crippen molar-refractivity contribution in [3.63, 3.8) is 0 Å². The van der Waals surface area contributed by atoms with Crippen LogP contribution in [0.1, 0.15) is 24.3 Å². The van der Waals surface area contributed by atoms with Gasteiger partial charge in [-0.2, -0.15) is 0 Å². The fraction of sp³-hybridized carbons (Fsp3) is 0.400. The lowest BCUT2D eigenvalue weighted by Crippen LogP contribution is -2.11. The Kier molecular flexibility index (Phi) is 5.52. The fourth-order valence-corrected chi connectivity index (χ4v) is 2.93. The number of rotatable bonds is 6. The van der Waals surface area contributed by atoms with Crippen molar-refractivity contribution < 1.29 is 14.6 Å². The van der Waals surface area contributed by atoms with Crippen molar-refractivity contribution in [3.05, 3.63) is 30.0 Å². The number of aliphatic hydroxyl groups excluding tert-OH is 1. The van der Waals surface area contributed by atoms with Gasteiger partial charge >= 0.3 is 5.97 Å². The third-order valence-corrected chi connectivity index (χ3v) is 4.35. The molecular formula is C15H18N2O3S. The molecule has 1 aromatic heterocycles. The Morgan fingerprint density at radius 1 is 1.38 bits per heavy atom. The Bertz CT molecular complexity index is 633. The number of esters is 1. The number of hydrogen-bond donors (Lipinski definition) is 1. The van der Waals surface area contributed by atoms with E-state index in [4.69, 9.17) is 9.84 Å². The number of benzene rings is 1. The maximum absolute atomic E-state index is 12.0. The average molecular weight is 306 g/mol. The number of thioether (sulfide) groups is 1. The molecule has 0 aliphatic heterocycles. The molecule has 1 aromatic carbocycles. The van der Waals surface area contributed by atoms with Crippen LogP contribution in [0.25, 0.3) is 10.9 Å². The van der Waals surface area contributed by atoms with Gasteiger partial charge in [-0.25, -0.2) is 4.79 Å². The highest BCUT2D eigenvalue weighted by Gasteiger charge is 2.19. The van der Waals surface area contributed by atoms with E-state index in [0.717, 1.165) is 15.8 Å². The molecule has 1 atom stereocenters. The Labute approximate surface area is 127 Å². The lowest BCUT2D eigenvalue weighted by Gasteiger charge is -2.12. The predicted octanol–water partition coefficient (Wildman–Crippen LogP) is 2.53. The molecule has 112 valence electrons. The maximum Gasteiger partial charge on any atom is 0.360 e. The highest BCUT2D eigenvalue weighted by atomic mass is 32.2. The van der Waals surface area contributed by atoms with Crippen molar-refractivity contribution in [2.24, 2.45) is 5.92 Å². The standard InChI is InChI=1S/C15H18N2O3S/c1-3-20-15(19)13-14(21-9-10(2)8-18)11-6-4-5-7-12(11)16-17-13/h4-7,10,18H,3,8-9H2,1-2H3. The van der Waals surface area contributed by atoms with Gasteiger partial charge in [-0.15, -0.1) is 22.0 Å². The Balaban J connectivity index is 2.44. The third-order valence-electron chi connectivity index (χ3n) is 2.91. The summed E-state index contributed by atoms with van der Waals surface area (Å²) >= 11 is 1.50. The zero-order valence-corrected chi connectivity index (χ0v) is 12.9. The predicted molar refractivity (Wildman–Crippen MR) is 82.5 cm³/mol. The highest BCUT2D eigenvalue weighted by molar-refractivity contribution is 7.99. The molecule has 0 amide bonds. The third kappa shape index (κ3) is 3.71. The number of nitrogens with zero attached hydrogens (tertiary/aromatic N) is 2. The van der Waals surface area contributed by atoms with E-state index >= 15 is 0 Å². The van der Waals surface area contributed by atoms with Crippen molar-refractivity contribution in [1.82, 2.24) is 10.2 Å². The summed E-state index contributed by atoms with van der Waals surface area (Å²) in [6, 6.07) is 7.56. The molecule has 2 rings (SSSR count). The molecule has 6 heteroatoms. The van der Waals surface area contributed by atoms with Crippen molar-refractivity contribution in [2.75, 3.05) is 19.0 Å². The molecule has 0 aliphatic carbocycles. The van der Waals surface area contributed by atoms with Crippen LogP contribution in [0.15, 0.2) is 29.2 Å². The Hall–Kier alpha value is -1.66. The summed E-state index contributed by atoms with van der Waals surface area (Å²) in [5.74, 6) is 0.366. The molecule has 0 radical (unpaired) electrons. The van der Waals surface area contributed by atoms with Crippen LogP contribution in [0.4, 0.5) is 0 Å². The number of aromatic nitrogens is 2.